The quantitative estimate of drug-likeness (QED) is 0.651. The fourth-order valence-corrected chi connectivity index (χ4v) is 1.84. The highest BCUT2D eigenvalue weighted by Crippen LogP contribution is 2.33. The van der Waals surface area contributed by atoms with Gasteiger partial charge in [0.15, 0.2) is 0 Å². The van der Waals surface area contributed by atoms with E-state index in [9.17, 15) is 15.2 Å². The summed E-state index contributed by atoms with van der Waals surface area (Å²) >= 11 is 0. The Morgan fingerprint density at radius 3 is 2.79 bits per heavy atom. The van der Waals surface area contributed by atoms with Gasteiger partial charge in [-0.2, -0.15) is 0 Å². The molecule has 100 valence electrons. The van der Waals surface area contributed by atoms with E-state index in [1.165, 1.54) is 0 Å². The largest absolute Gasteiger partial charge is 0.394 e. The minimum Gasteiger partial charge on any atom is -0.394 e. The summed E-state index contributed by atoms with van der Waals surface area (Å²) in [5.74, 6) is 0. The van der Waals surface area contributed by atoms with Gasteiger partial charge in [0.2, 0.25) is 0 Å². The summed E-state index contributed by atoms with van der Waals surface area (Å²) in [6.07, 6.45) is 1.59. The van der Waals surface area contributed by atoms with Gasteiger partial charge in [-0.05, 0) is 38.1 Å². The van der Waals surface area contributed by atoms with Crippen LogP contribution in [0.1, 0.15) is 13.8 Å². The van der Waals surface area contributed by atoms with Crippen molar-refractivity contribution in [3.63, 3.8) is 0 Å². The minimum atomic E-state index is -0.638. The van der Waals surface area contributed by atoms with Crippen LogP contribution in [0.5, 0.6) is 0 Å². The number of nitro benzene ring substituents is 1. The Morgan fingerprint density at radius 1 is 1.42 bits per heavy atom. The molecular weight excluding hydrogens is 246 g/mol. The zero-order valence-electron chi connectivity index (χ0n) is 10.8. The van der Waals surface area contributed by atoms with E-state index in [1.54, 1.807) is 44.3 Å². The summed E-state index contributed by atoms with van der Waals surface area (Å²) in [6, 6.07) is 6.66. The number of rotatable bonds is 4. The summed E-state index contributed by atoms with van der Waals surface area (Å²) in [6.45, 7) is 3.41. The van der Waals surface area contributed by atoms with Crippen molar-refractivity contribution in [3.8, 4) is 0 Å². The van der Waals surface area contributed by atoms with Gasteiger partial charge < -0.3 is 10.4 Å². The number of anilines is 1. The van der Waals surface area contributed by atoms with Gasteiger partial charge in [0.1, 0.15) is 5.69 Å². The molecule has 2 N–H and O–H groups in total. The van der Waals surface area contributed by atoms with Crippen LogP contribution in [-0.2, 0) is 0 Å². The number of pyridine rings is 1. The minimum absolute atomic E-state index is 0.0212. The van der Waals surface area contributed by atoms with Crippen molar-refractivity contribution in [1.29, 1.82) is 0 Å². The molecular formula is C13H15N3O3. The molecule has 0 bridgehead atoms. The van der Waals surface area contributed by atoms with Crippen LogP contribution in [0.4, 0.5) is 11.4 Å². The Hall–Kier alpha value is -2.21. The Kier molecular flexibility index (Phi) is 3.35. The monoisotopic (exact) mass is 261 g/mol. The average Bonchev–Trinajstić information content (AvgIpc) is 2.37. The number of nitrogens with zero attached hydrogens (tertiary/aromatic N) is 2. The first-order chi connectivity index (χ1) is 8.94. The number of benzene rings is 1. The van der Waals surface area contributed by atoms with Gasteiger partial charge in [0.25, 0.3) is 0 Å². The van der Waals surface area contributed by atoms with E-state index in [-0.39, 0.29) is 12.3 Å². The van der Waals surface area contributed by atoms with E-state index in [2.05, 4.69) is 10.3 Å². The molecule has 0 fully saturated rings. The molecule has 19 heavy (non-hydrogen) atoms. The summed E-state index contributed by atoms with van der Waals surface area (Å²) in [4.78, 5) is 15.0. The zero-order valence-corrected chi connectivity index (χ0v) is 10.8. The van der Waals surface area contributed by atoms with Gasteiger partial charge in [0.05, 0.1) is 28.0 Å². The van der Waals surface area contributed by atoms with E-state index >= 15 is 0 Å². The maximum Gasteiger partial charge on any atom is 0.301 e. The molecule has 0 amide bonds. The molecule has 0 aliphatic rings. The number of aliphatic hydroxyl groups excluding tert-OH is 1. The molecule has 0 aliphatic heterocycles. The van der Waals surface area contributed by atoms with Gasteiger partial charge >= 0.3 is 5.69 Å². The van der Waals surface area contributed by atoms with Crippen LogP contribution in [0.2, 0.25) is 0 Å². The SMILES string of the molecule is CC(C)(CO)Nc1ccc2ncccc2c1[N+](=O)[O-]. The van der Waals surface area contributed by atoms with Gasteiger partial charge in [-0.3, -0.25) is 15.1 Å². The molecule has 0 radical (unpaired) electrons. The smallest absolute Gasteiger partial charge is 0.301 e. The molecule has 0 aliphatic carbocycles. The fraction of sp³-hybridized carbons (Fsp3) is 0.308. The van der Waals surface area contributed by atoms with Crippen molar-refractivity contribution in [2.24, 2.45) is 0 Å². The Morgan fingerprint density at radius 2 is 2.16 bits per heavy atom. The predicted octanol–water partition coefficient (Wildman–Crippen LogP) is 2.33. The third kappa shape index (κ3) is 2.63. The number of nitro groups is 1. The van der Waals surface area contributed by atoms with E-state index < -0.39 is 10.5 Å². The van der Waals surface area contributed by atoms with Crippen molar-refractivity contribution in [2.75, 3.05) is 11.9 Å². The second kappa shape index (κ2) is 4.81. The van der Waals surface area contributed by atoms with Crippen LogP contribution in [-0.4, -0.2) is 27.2 Å². The molecule has 1 heterocycles. The molecule has 0 atom stereocenters. The average molecular weight is 261 g/mol. The maximum absolute atomic E-state index is 11.3. The maximum atomic E-state index is 11.3. The van der Waals surface area contributed by atoms with Crippen molar-refractivity contribution in [3.05, 3.63) is 40.6 Å². The number of hydrogen-bond acceptors (Lipinski definition) is 5. The summed E-state index contributed by atoms with van der Waals surface area (Å²) in [5, 5.41) is 24.0. The van der Waals surface area contributed by atoms with Gasteiger partial charge in [0, 0.05) is 6.20 Å². The topological polar surface area (TPSA) is 88.3 Å². The first kappa shape index (κ1) is 13.2. The molecule has 0 saturated carbocycles. The molecule has 0 saturated heterocycles. The third-order valence-electron chi connectivity index (χ3n) is 2.81. The summed E-state index contributed by atoms with van der Waals surface area (Å²) in [5.41, 5.74) is 0.291. The lowest BCUT2D eigenvalue weighted by atomic mass is 10.1. The molecule has 0 spiro atoms. The van der Waals surface area contributed by atoms with Crippen LogP contribution in [0.25, 0.3) is 10.9 Å². The normalized spacial score (nSPS) is 11.5. The van der Waals surface area contributed by atoms with Crippen LogP contribution < -0.4 is 5.32 Å². The zero-order chi connectivity index (χ0) is 14.0. The van der Waals surface area contributed by atoms with Crippen LogP contribution in [0, 0.1) is 10.1 Å². The van der Waals surface area contributed by atoms with Crippen LogP contribution in [0.3, 0.4) is 0 Å². The molecule has 2 rings (SSSR count). The Bertz CT molecular complexity index is 626. The molecule has 0 unspecified atom stereocenters. The lowest BCUT2D eigenvalue weighted by molar-refractivity contribution is -0.382. The van der Waals surface area contributed by atoms with E-state index in [0.29, 0.717) is 16.6 Å². The molecule has 1 aromatic heterocycles. The lowest BCUT2D eigenvalue weighted by Gasteiger charge is -2.24. The highest BCUT2D eigenvalue weighted by molar-refractivity contribution is 5.94. The number of aliphatic hydroxyl groups is 1. The highest BCUT2D eigenvalue weighted by Gasteiger charge is 2.24. The predicted molar refractivity (Wildman–Crippen MR) is 73.2 cm³/mol. The standard InChI is InChI=1S/C13H15N3O3/c1-13(2,8-17)15-11-6-5-10-9(4-3-7-14-10)12(11)16(18)19/h3-7,15,17H,8H2,1-2H3. The Labute approximate surface area is 110 Å². The van der Waals surface area contributed by atoms with Crippen molar-refractivity contribution < 1.29 is 10.0 Å². The van der Waals surface area contributed by atoms with Crippen molar-refractivity contribution in [1.82, 2.24) is 4.98 Å². The van der Waals surface area contributed by atoms with Crippen molar-refractivity contribution >= 4 is 22.3 Å². The number of fused-ring (bicyclic) bond motifs is 1. The van der Waals surface area contributed by atoms with Crippen LogP contribution in [0.15, 0.2) is 30.5 Å². The first-order valence-electron chi connectivity index (χ1n) is 5.86. The lowest BCUT2D eigenvalue weighted by Crippen LogP contribution is -2.35. The summed E-state index contributed by atoms with van der Waals surface area (Å²) in [7, 11) is 0. The first-order valence-corrected chi connectivity index (χ1v) is 5.86. The number of aromatic nitrogens is 1. The second-order valence-corrected chi connectivity index (χ2v) is 4.96. The summed E-state index contributed by atoms with van der Waals surface area (Å²) < 4.78 is 0. The van der Waals surface area contributed by atoms with Gasteiger partial charge in [-0.25, -0.2) is 0 Å². The molecule has 1 aromatic carbocycles. The van der Waals surface area contributed by atoms with Gasteiger partial charge in [-0.15, -0.1) is 0 Å². The highest BCUT2D eigenvalue weighted by atomic mass is 16.6. The van der Waals surface area contributed by atoms with Crippen molar-refractivity contribution in [2.45, 2.75) is 19.4 Å². The second-order valence-electron chi connectivity index (χ2n) is 4.96. The van der Waals surface area contributed by atoms with E-state index in [1.807, 2.05) is 0 Å². The Balaban J connectivity index is 2.61. The number of nitrogens with one attached hydrogen (secondary N) is 1. The van der Waals surface area contributed by atoms with E-state index in [0.717, 1.165) is 0 Å². The fourth-order valence-electron chi connectivity index (χ4n) is 1.84. The van der Waals surface area contributed by atoms with Crippen LogP contribution >= 0.6 is 0 Å². The molecule has 2 aromatic rings. The van der Waals surface area contributed by atoms with Gasteiger partial charge in [-0.1, -0.05) is 0 Å². The molecule has 6 heteroatoms. The number of hydrogen-bond donors (Lipinski definition) is 2. The molecule has 6 nitrogen and oxygen atoms in total. The third-order valence-corrected chi connectivity index (χ3v) is 2.81. The van der Waals surface area contributed by atoms with E-state index in [4.69, 9.17) is 0 Å².